The maximum atomic E-state index is 12.2. The van der Waals surface area contributed by atoms with Crippen molar-refractivity contribution in [2.24, 2.45) is 0 Å². The van der Waals surface area contributed by atoms with Crippen molar-refractivity contribution in [1.82, 2.24) is 0 Å². The van der Waals surface area contributed by atoms with Gasteiger partial charge in [-0.15, -0.1) is 0 Å². The van der Waals surface area contributed by atoms with Crippen LogP contribution >= 0.6 is 0 Å². The highest BCUT2D eigenvalue weighted by Gasteiger charge is 2.29. The van der Waals surface area contributed by atoms with E-state index in [9.17, 15) is 8.42 Å². The van der Waals surface area contributed by atoms with Crippen molar-refractivity contribution in [2.45, 2.75) is 16.6 Å². The van der Waals surface area contributed by atoms with Gasteiger partial charge in [-0.05, 0) is 18.2 Å². The zero-order chi connectivity index (χ0) is 12.5. The summed E-state index contributed by atoms with van der Waals surface area (Å²) >= 11 is 0. The van der Waals surface area contributed by atoms with Gasteiger partial charge in [0, 0.05) is 6.42 Å². The molecule has 0 aromatic heterocycles. The third kappa shape index (κ3) is 2.19. The van der Waals surface area contributed by atoms with E-state index in [-0.39, 0.29) is 22.7 Å². The molecule has 2 N–H and O–H groups in total. The summed E-state index contributed by atoms with van der Waals surface area (Å²) in [5, 5.41) is 14.2. The second-order valence-electron chi connectivity index (χ2n) is 3.85. The summed E-state index contributed by atoms with van der Waals surface area (Å²) in [6.07, 6.45) is 2.95. The van der Waals surface area contributed by atoms with Crippen molar-refractivity contribution < 1.29 is 8.42 Å². The molecule has 0 fully saturated rings. The van der Waals surface area contributed by atoms with E-state index in [0.29, 0.717) is 0 Å². The molecule has 1 atom stereocenters. The first kappa shape index (κ1) is 11.7. The van der Waals surface area contributed by atoms with E-state index in [1.165, 1.54) is 12.2 Å². The van der Waals surface area contributed by atoms with Crippen LogP contribution in [0.3, 0.4) is 0 Å². The average Bonchev–Trinajstić information content (AvgIpc) is 2.33. The van der Waals surface area contributed by atoms with Crippen LogP contribution in [0.25, 0.3) is 0 Å². The van der Waals surface area contributed by atoms with E-state index in [1.54, 1.807) is 30.3 Å². The summed E-state index contributed by atoms with van der Waals surface area (Å²) in [5.41, 5.74) is 0.154. The van der Waals surface area contributed by atoms with E-state index in [4.69, 9.17) is 10.8 Å². The van der Waals surface area contributed by atoms with Gasteiger partial charge < -0.3 is 5.41 Å². The van der Waals surface area contributed by atoms with Crippen LogP contribution in [0.15, 0.2) is 47.4 Å². The lowest BCUT2D eigenvalue weighted by molar-refractivity contribution is 0.589. The first-order valence-corrected chi connectivity index (χ1v) is 6.70. The van der Waals surface area contributed by atoms with Crippen molar-refractivity contribution in [3.05, 3.63) is 42.5 Å². The molecule has 0 heterocycles. The Hall–Kier alpha value is -1.75. The number of allylic oxidation sites excluding steroid dienone is 1. The van der Waals surface area contributed by atoms with Gasteiger partial charge in [0.2, 0.25) is 0 Å². The predicted molar refractivity (Wildman–Crippen MR) is 66.6 cm³/mol. The fourth-order valence-corrected chi connectivity index (χ4v) is 3.24. The van der Waals surface area contributed by atoms with Crippen molar-refractivity contribution >= 4 is 21.3 Å². The fourth-order valence-electron chi connectivity index (χ4n) is 1.68. The van der Waals surface area contributed by atoms with Crippen LogP contribution in [0.4, 0.5) is 0 Å². The topological polar surface area (TPSA) is 81.8 Å². The van der Waals surface area contributed by atoms with Gasteiger partial charge in [0.05, 0.1) is 21.6 Å². The van der Waals surface area contributed by atoms with Gasteiger partial charge in [0.25, 0.3) is 0 Å². The number of hydrogen-bond acceptors (Lipinski definition) is 4. The minimum atomic E-state index is -3.44. The lowest BCUT2D eigenvalue weighted by atomic mass is 10.0. The fraction of sp³-hybridized carbons (Fsp3) is 0.167. The standard InChI is InChI=1S/C12H12N2O2S/c13-11-7-6-10(8-12(11)14)17(15,16)9-4-2-1-3-5-9/h1-7,10,13-14H,8H2. The van der Waals surface area contributed by atoms with E-state index in [2.05, 4.69) is 0 Å². The molecule has 4 nitrogen and oxygen atoms in total. The van der Waals surface area contributed by atoms with Crippen LogP contribution in [-0.4, -0.2) is 25.1 Å². The van der Waals surface area contributed by atoms with Gasteiger partial charge in [-0.2, -0.15) is 0 Å². The Labute approximate surface area is 99.9 Å². The summed E-state index contributed by atoms with van der Waals surface area (Å²) in [6, 6.07) is 8.20. The Morgan fingerprint density at radius 3 is 2.35 bits per heavy atom. The normalized spacial score (nSPS) is 20.6. The number of hydrogen-bond donors (Lipinski definition) is 2. The summed E-state index contributed by atoms with van der Waals surface area (Å²) in [6.45, 7) is 0. The summed E-state index contributed by atoms with van der Waals surface area (Å²) in [5.74, 6) is 0. The number of nitrogens with one attached hydrogen (secondary N) is 2. The zero-order valence-corrected chi connectivity index (χ0v) is 9.87. The number of sulfone groups is 1. The second-order valence-corrected chi connectivity index (χ2v) is 6.02. The molecule has 5 heteroatoms. The molecule has 0 saturated heterocycles. The van der Waals surface area contributed by atoms with E-state index < -0.39 is 15.1 Å². The third-order valence-corrected chi connectivity index (χ3v) is 4.73. The minimum absolute atomic E-state index is 0.0667. The second kappa shape index (κ2) is 4.25. The van der Waals surface area contributed by atoms with Gasteiger partial charge in [0.1, 0.15) is 0 Å². The van der Waals surface area contributed by atoms with Crippen LogP contribution in [0, 0.1) is 10.8 Å². The lowest BCUT2D eigenvalue weighted by Crippen LogP contribution is -2.29. The average molecular weight is 248 g/mol. The van der Waals surface area contributed by atoms with Crippen molar-refractivity contribution in [3.63, 3.8) is 0 Å². The molecule has 1 aromatic carbocycles. The number of benzene rings is 1. The van der Waals surface area contributed by atoms with E-state index in [1.807, 2.05) is 0 Å². The van der Waals surface area contributed by atoms with Crippen LogP contribution < -0.4 is 0 Å². The Balaban J connectivity index is 2.39. The molecule has 0 saturated carbocycles. The zero-order valence-electron chi connectivity index (χ0n) is 9.05. The predicted octanol–water partition coefficient (Wildman–Crippen LogP) is 1.83. The van der Waals surface area contributed by atoms with Gasteiger partial charge in [0.15, 0.2) is 9.84 Å². The van der Waals surface area contributed by atoms with Crippen LogP contribution in [0.2, 0.25) is 0 Å². The van der Waals surface area contributed by atoms with Gasteiger partial charge in [-0.3, -0.25) is 5.41 Å². The molecule has 88 valence electrons. The molecule has 2 rings (SSSR count). The highest BCUT2D eigenvalue weighted by Crippen LogP contribution is 2.21. The van der Waals surface area contributed by atoms with Crippen molar-refractivity contribution in [1.29, 1.82) is 10.8 Å². The van der Waals surface area contributed by atoms with Crippen LogP contribution in [0.1, 0.15) is 6.42 Å². The molecular weight excluding hydrogens is 236 g/mol. The molecule has 1 aliphatic carbocycles. The Morgan fingerprint density at radius 1 is 1.12 bits per heavy atom. The first-order valence-electron chi connectivity index (χ1n) is 5.15. The largest absolute Gasteiger partial charge is 0.303 e. The van der Waals surface area contributed by atoms with E-state index in [0.717, 1.165) is 0 Å². The number of rotatable bonds is 2. The van der Waals surface area contributed by atoms with E-state index >= 15 is 0 Å². The SMILES string of the molecule is N=C1C=CC(S(=O)(=O)c2ccccc2)CC1=N. The molecule has 0 amide bonds. The molecule has 1 aromatic rings. The molecule has 1 aliphatic rings. The summed E-state index contributed by atoms with van der Waals surface area (Å²) < 4.78 is 24.4. The summed E-state index contributed by atoms with van der Waals surface area (Å²) in [7, 11) is -3.44. The van der Waals surface area contributed by atoms with Crippen LogP contribution in [0.5, 0.6) is 0 Å². The molecule has 0 radical (unpaired) electrons. The van der Waals surface area contributed by atoms with Gasteiger partial charge >= 0.3 is 0 Å². The maximum Gasteiger partial charge on any atom is 0.185 e. The molecule has 0 spiro atoms. The monoisotopic (exact) mass is 248 g/mol. The molecular formula is C12H12N2O2S. The Bertz CT molecular complexity index is 588. The lowest BCUT2D eigenvalue weighted by Gasteiger charge is -2.18. The highest BCUT2D eigenvalue weighted by atomic mass is 32.2. The maximum absolute atomic E-state index is 12.2. The van der Waals surface area contributed by atoms with Crippen LogP contribution in [-0.2, 0) is 9.84 Å². The molecule has 0 aliphatic heterocycles. The smallest absolute Gasteiger partial charge is 0.185 e. The highest BCUT2D eigenvalue weighted by molar-refractivity contribution is 7.92. The first-order chi connectivity index (χ1) is 8.01. The van der Waals surface area contributed by atoms with Gasteiger partial charge in [-0.25, -0.2) is 8.42 Å². The Morgan fingerprint density at radius 2 is 1.76 bits per heavy atom. The van der Waals surface area contributed by atoms with Crippen molar-refractivity contribution in [3.8, 4) is 0 Å². The van der Waals surface area contributed by atoms with Crippen molar-refractivity contribution in [2.75, 3.05) is 0 Å². The molecule has 17 heavy (non-hydrogen) atoms. The molecule has 0 bridgehead atoms. The quantitative estimate of drug-likeness (QED) is 0.837. The Kier molecular flexibility index (Phi) is 2.93. The molecule has 1 unspecified atom stereocenters. The minimum Gasteiger partial charge on any atom is -0.303 e. The third-order valence-electron chi connectivity index (χ3n) is 2.68. The summed E-state index contributed by atoms with van der Waals surface area (Å²) in [4.78, 5) is 0.260. The van der Waals surface area contributed by atoms with Gasteiger partial charge in [-0.1, -0.05) is 24.3 Å².